The zero-order valence-corrected chi connectivity index (χ0v) is 12.6. The van der Waals surface area contributed by atoms with Crippen LogP contribution < -0.4 is 5.73 Å². The number of nitrogens with zero attached hydrogens (tertiary/aromatic N) is 2. The lowest BCUT2D eigenvalue weighted by atomic mass is 9.86. The first-order valence-electron chi connectivity index (χ1n) is 7.35. The molecule has 1 aliphatic carbocycles. The molecule has 1 heterocycles. The molecular weight excluding hydrogens is 286 g/mol. The van der Waals surface area contributed by atoms with E-state index in [1.165, 1.54) is 24.6 Å². The molecule has 1 saturated heterocycles. The number of hydrogen-bond acceptors (Lipinski definition) is 4. The lowest BCUT2D eigenvalue weighted by molar-refractivity contribution is 0.260. The van der Waals surface area contributed by atoms with Gasteiger partial charge in [0.05, 0.1) is 17.3 Å². The van der Waals surface area contributed by atoms with Crippen molar-refractivity contribution in [1.82, 2.24) is 4.31 Å². The molecule has 5 nitrogen and oxygen atoms in total. The molecule has 0 radical (unpaired) electrons. The number of nitriles is 1. The fourth-order valence-electron chi connectivity index (χ4n) is 3.64. The van der Waals surface area contributed by atoms with Gasteiger partial charge in [-0.3, -0.25) is 0 Å². The topological polar surface area (TPSA) is 87.2 Å². The summed E-state index contributed by atoms with van der Waals surface area (Å²) in [4.78, 5) is 0.132. The number of fused-ring (bicyclic) bond motifs is 1. The van der Waals surface area contributed by atoms with Gasteiger partial charge >= 0.3 is 0 Å². The van der Waals surface area contributed by atoms with Crippen molar-refractivity contribution >= 4 is 15.7 Å². The minimum atomic E-state index is -3.57. The van der Waals surface area contributed by atoms with Gasteiger partial charge in [0.15, 0.2) is 0 Å². The van der Waals surface area contributed by atoms with Crippen molar-refractivity contribution in [3.63, 3.8) is 0 Å². The highest BCUT2D eigenvalue weighted by atomic mass is 32.2. The maximum atomic E-state index is 12.9. The standard InChI is InChI=1S/C15H19N3O2S/c16-10-11-5-6-15(13(17)9-11)21(19,20)18-8-7-12-3-1-2-4-14(12)18/h5-6,9,12,14H,1-4,7-8,17H2. The molecule has 0 spiro atoms. The van der Waals surface area contributed by atoms with E-state index in [-0.39, 0.29) is 16.6 Å². The van der Waals surface area contributed by atoms with Gasteiger partial charge in [-0.2, -0.15) is 9.57 Å². The summed E-state index contributed by atoms with van der Waals surface area (Å²) >= 11 is 0. The smallest absolute Gasteiger partial charge is 0.245 e. The van der Waals surface area contributed by atoms with E-state index in [1.807, 2.05) is 6.07 Å². The van der Waals surface area contributed by atoms with Crippen LogP contribution in [-0.2, 0) is 10.0 Å². The molecule has 2 atom stereocenters. The molecule has 2 fully saturated rings. The lowest BCUT2D eigenvalue weighted by Gasteiger charge is -2.31. The average molecular weight is 305 g/mol. The number of hydrogen-bond donors (Lipinski definition) is 1. The summed E-state index contributed by atoms with van der Waals surface area (Å²) in [5.74, 6) is 0.494. The number of rotatable bonds is 2. The van der Waals surface area contributed by atoms with Gasteiger partial charge in [0.2, 0.25) is 10.0 Å². The van der Waals surface area contributed by atoms with Crippen molar-refractivity contribution in [3.8, 4) is 6.07 Å². The molecule has 112 valence electrons. The van der Waals surface area contributed by atoms with Gasteiger partial charge in [-0.15, -0.1) is 0 Å². The zero-order chi connectivity index (χ0) is 15.0. The summed E-state index contributed by atoms with van der Waals surface area (Å²) < 4.78 is 27.4. The Balaban J connectivity index is 1.96. The van der Waals surface area contributed by atoms with Gasteiger partial charge in [0, 0.05) is 12.6 Å². The Hall–Kier alpha value is -1.58. The van der Waals surface area contributed by atoms with Crippen molar-refractivity contribution in [3.05, 3.63) is 23.8 Å². The van der Waals surface area contributed by atoms with Gasteiger partial charge < -0.3 is 5.73 Å². The van der Waals surface area contributed by atoms with E-state index in [2.05, 4.69) is 0 Å². The summed E-state index contributed by atoms with van der Waals surface area (Å²) in [6.45, 7) is 0.580. The van der Waals surface area contributed by atoms with Crippen molar-refractivity contribution in [2.45, 2.75) is 43.0 Å². The molecule has 2 unspecified atom stereocenters. The van der Waals surface area contributed by atoms with Gasteiger partial charge in [0.1, 0.15) is 4.90 Å². The van der Waals surface area contributed by atoms with Crippen LogP contribution in [0.5, 0.6) is 0 Å². The minimum Gasteiger partial charge on any atom is -0.398 e. The van der Waals surface area contributed by atoms with Crippen LogP contribution in [0.15, 0.2) is 23.1 Å². The normalized spacial score (nSPS) is 26.2. The Kier molecular flexibility index (Phi) is 3.64. The van der Waals surface area contributed by atoms with E-state index < -0.39 is 10.0 Å². The molecule has 1 aromatic carbocycles. The maximum Gasteiger partial charge on any atom is 0.245 e. The third-order valence-corrected chi connectivity index (χ3v) is 6.68. The molecule has 6 heteroatoms. The molecule has 2 aliphatic rings. The van der Waals surface area contributed by atoms with Gasteiger partial charge in [-0.05, 0) is 43.4 Å². The Labute approximate surface area is 125 Å². The number of nitrogen functional groups attached to an aromatic ring is 1. The molecule has 0 bridgehead atoms. The van der Waals surface area contributed by atoms with Crippen LogP contribution in [0.2, 0.25) is 0 Å². The first-order valence-corrected chi connectivity index (χ1v) is 8.79. The van der Waals surface area contributed by atoms with Crippen LogP contribution in [0.3, 0.4) is 0 Å². The zero-order valence-electron chi connectivity index (χ0n) is 11.8. The van der Waals surface area contributed by atoms with Crippen molar-refractivity contribution in [2.24, 2.45) is 5.92 Å². The highest BCUT2D eigenvalue weighted by molar-refractivity contribution is 7.89. The molecule has 2 N–H and O–H groups in total. The summed E-state index contributed by atoms with van der Waals surface area (Å²) in [6.07, 6.45) is 5.31. The van der Waals surface area contributed by atoms with Crippen LogP contribution in [-0.4, -0.2) is 25.3 Å². The number of nitrogens with two attached hydrogens (primary N) is 1. The Morgan fingerprint density at radius 3 is 2.71 bits per heavy atom. The molecule has 3 rings (SSSR count). The van der Waals surface area contributed by atoms with E-state index >= 15 is 0 Å². The second-order valence-corrected chi connectivity index (χ2v) is 7.74. The summed E-state index contributed by atoms with van der Waals surface area (Å²) in [6, 6.07) is 6.50. The van der Waals surface area contributed by atoms with Gasteiger partial charge in [0.25, 0.3) is 0 Å². The maximum absolute atomic E-state index is 12.9. The van der Waals surface area contributed by atoms with E-state index in [1.54, 1.807) is 4.31 Å². The lowest BCUT2D eigenvalue weighted by Crippen LogP contribution is -2.39. The van der Waals surface area contributed by atoms with Crippen molar-refractivity contribution < 1.29 is 8.42 Å². The number of benzene rings is 1. The SMILES string of the molecule is N#Cc1ccc(S(=O)(=O)N2CCC3CCCCC32)c(N)c1. The molecule has 0 aromatic heterocycles. The summed E-state index contributed by atoms with van der Waals surface area (Å²) in [5, 5.41) is 8.86. The predicted molar refractivity (Wildman–Crippen MR) is 79.8 cm³/mol. The highest BCUT2D eigenvalue weighted by Gasteiger charge is 2.42. The monoisotopic (exact) mass is 305 g/mol. The first kappa shape index (κ1) is 14.4. The van der Waals surface area contributed by atoms with E-state index in [9.17, 15) is 8.42 Å². The molecule has 1 saturated carbocycles. The van der Waals surface area contributed by atoms with Crippen LogP contribution in [0, 0.1) is 17.2 Å². The van der Waals surface area contributed by atoms with E-state index in [0.717, 1.165) is 25.7 Å². The van der Waals surface area contributed by atoms with Crippen molar-refractivity contribution in [1.29, 1.82) is 5.26 Å². The molecular formula is C15H19N3O2S. The molecule has 1 aliphatic heterocycles. The average Bonchev–Trinajstić information content (AvgIpc) is 2.91. The Morgan fingerprint density at radius 2 is 2.00 bits per heavy atom. The number of sulfonamides is 1. The minimum absolute atomic E-state index is 0.124. The van der Waals surface area contributed by atoms with E-state index in [4.69, 9.17) is 11.0 Å². The van der Waals surface area contributed by atoms with Gasteiger partial charge in [-0.25, -0.2) is 8.42 Å². The third-order valence-electron chi connectivity index (χ3n) is 4.68. The summed E-state index contributed by atoms with van der Waals surface area (Å²) in [5.41, 5.74) is 6.40. The van der Waals surface area contributed by atoms with E-state index in [0.29, 0.717) is 18.0 Å². The largest absolute Gasteiger partial charge is 0.398 e. The van der Waals surface area contributed by atoms with Gasteiger partial charge in [-0.1, -0.05) is 12.8 Å². The fraction of sp³-hybridized carbons (Fsp3) is 0.533. The Bertz CT molecular complexity index is 693. The van der Waals surface area contributed by atoms with Crippen molar-refractivity contribution in [2.75, 3.05) is 12.3 Å². The Morgan fingerprint density at radius 1 is 1.24 bits per heavy atom. The fourth-order valence-corrected chi connectivity index (χ4v) is 5.47. The summed E-state index contributed by atoms with van der Waals surface area (Å²) in [7, 11) is -3.57. The predicted octanol–water partition coefficient (Wildman–Crippen LogP) is 2.09. The third kappa shape index (κ3) is 2.41. The van der Waals surface area contributed by atoms with Crippen LogP contribution in [0.25, 0.3) is 0 Å². The second-order valence-electron chi connectivity index (χ2n) is 5.88. The first-order chi connectivity index (χ1) is 10.0. The molecule has 0 amide bonds. The molecule has 21 heavy (non-hydrogen) atoms. The highest BCUT2D eigenvalue weighted by Crippen LogP contribution is 2.39. The van der Waals surface area contributed by atoms with Crippen LogP contribution in [0.1, 0.15) is 37.7 Å². The molecule has 1 aromatic rings. The number of anilines is 1. The van der Waals surface area contributed by atoms with Crippen LogP contribution in [0.4, 0.5) is 5.69 Å². The second kappa shape index (κ2) is 5.32. The quantitative estimate of drug-likeness (QED) is 0.848. The van der Waals surface area contributed by atoms with Crippen LogP contribution >= 0.6 is 0 Å².